The molecule has 1 heterocycles. The van der Waals surface area contributed by atoms with Gasteiger partial charge in [-0.25, -0.2) is 10.8 Å². The zero-order valence-corrected chi connectivity index (χ0v) is 11.3. The molecule has 0 radical (unpaired) electrons. The number of hydrogen-bond acceptors (Lipinski definition) is 6. The molecule has 0 atom stereocenters. The Morgan fingerprint density at radius 1 is 1.40 bits per heavy atom. The van der Waals surface area contributed by atoms with Crippen molar-refractivity contribution in [2.45, 2.75) is 0 Å². The van der Waals surface area contributed by atoms with Gasteiger partial charge in [-0.2, -0.15) is 0 Å². The molecule has 8 heteroatoms. The summed E-state index contributed by atoms with van der Waals surface area (Å²) in [4.78, 5) is 19.9. The van der Waals surface area contributed by atoms with Crippen LogP contribution in [0.3, 0.4) is 0 Å². The van der Waals surface area contributed by atoms with Gasteiger partial charge in [-0.05, 0) is 18.2 Å². The molecule has 1 amide bonds. The first-order valence-corrected chi connectivity index (χ1v) is 5.95. The van der Waals surface area contributed by atoms with Gasteiger partial charge in [0.15, 0.2) is 5.82 Å². The third-order valence-corrected chi connectivity index (χ3v) is 2.66. The van der Waals surface area contributed by atoms with Crippen molar-refractivity contribution in [3.8, 4) is 5.75 Å². The molecule has 0 spiro atoms. The van der Waals surface area contributed by atoms with Crippen LogP contribution in [-0.2, 0) is 0 Å². The molecule has 0 aliphatic carbocycles. The van der Waals surface area contributed by atoms with E-state index in [-0.39, 0.29) is 11.5 Å². The van der Waals surface area contributed by atoms with Crippen LogP contribution in [0.4, 0.5) is 11.5 Å². The van der Waals surface area contributed by atoms with Gasteiger partial charge in [0, 0.05) is 5.02 Å². The lowest BCUT2D eigenvalue weighted by molar-refractivity contribution is 0.102. The molecule has 0 saturated carbocycles. The monoisotopic (exact) mass is 293 g/mol. The summed E-state index contributed by atoms with van der Waals surface area (Å²) in [6, 6.07) is 4.90. The van der Waals surface area contributed by atoms with E-state index in [4.69, 9.17) is 22.2 Å². The van der Waals surface area contributed by atoms with E-state index in [1.165, 1.54) is 19.5 Å². The maximum Gasteiger partial charge on any atom is 0.276 e. The Morgan fingerprint density at radius 2 is 2.20 bits per heavy atom. The number of nitrogens with one attached hydrogen (secondary N) is 2. The molecule has 4 N–H and O–H groups in total. The number of amides is 1. The first-order valence-electron chi connectivity index (χ1n) is 5.57. The number of nitrogen functional groups attached to an aromatic ring is 1. The molecular formula is C12H12ClN5O2. The fraction of sp³-hybridized carbons (Fsp3) is 0.0833. The smallest absolute Gasteiger partial charge is 0.276 e. The van der Waals surface area contributed by atoms with Gasteiger partial charge in [-0.15, -0.1) is 0 Å². The third-order valence-electron chi connectivity index (χ3n) is 2.42. The highest BCUT2D eigenvalue weighted by atomic mass is 35.5. The number of nitrogens with two attached hydrogens (primary N) is 1. The highest BCUT2D eigenvalue weighted by Crippen LogP contribution is 2.27. The molecule has 1 aromatic heterocycles. The Kier molecular flexibility index (Phi) is 4.34. The van der Waals surface area contributed by atoms with E-state index in [0.29, 0.717) is 16.5 Å². The Morgan fingerprint density at radius 3 is 2.90 bits per heavy atom. The van der Waals surface area contributed by atoms with E-state index in [9.17, 15) is 4.79 Å². The van der Waals surface area contributed by atoms with Crippen LogP contribution in [0, 0.1) is 0 Å². The summed E-state index contributed by atoms with van der Waals surface area (Å²) >= 11 is 5.89. The van der Waals surface area contributed by atoms with Crippen molar-refractivity contribution in [2.75, 3.05) is 17.9 Å². The second-order valence-corrected chi connectivity index (χ2v) is 4.17. The minimum Gasteiger partial charge on any atom is -0.495 e. The van der Waals surface area contributed by atoms with Gasteiger partial charge in [-0.3, -0.25) is 9.78 Å². The number of ether oxygens (including phenoxy) is 1. The number of rotatable bonds is 4. The number of methoxy groups -OCH3 is 1. The number of carbonyl (C=O) groups excluding carboxylic acids is 1. The van der Waals surface area contributed by atoms with Crippen LogP contribution in [0.1, 0.15) is 10.5 Å². The lowest BCUT2D eigenvalue weighted by atomic mass is 10.2. The minimum absolute atomic E-state index is 0.113. The number of hydrazine groups is 1. The van der Waals surface area contributed by atoms with E-state index in [0.717, 1.165) is 0 Å². The predicted molar refractivity (Wildman–Crippen MR) is 75.8 cm³/mol. The van der Waals surface area contributed by atoms with Crippen LogP contribution in [0.5, 0.6) is 5.75 Å². The molecule has 1 aromatic carbocycles. The van der Waals surface area contributed by atoms with Gasteiger partial charge in [0.1, 0.15) is 11.4 Å². The summed E-state index contributed by atoms with van der Waals surface area (Å²) in [5.74, 6) is 5.54. The van der Waals surface area contributed by atoms with Crippen molar-refractivity contribution in [3.63, 3.8) is 0 Å². The Balaban J connectivity index is 2.25. The quantitative estimate of drug-likeness (QED) is 0.585. The molecule has 0 aliphatic heterocycles. The van der Waals surface area contributed by atoms with Crippen molar-refractivity contribution < 1.29 is 9.53 Å². The average molecular weight is 294 g/mol. The van der Waals surface area contributed by atoms with Gasteiger partial charge in [-0.1, -0.05) is 11.6 Å². The molecule has 0 bridgehead atoms. The van der Waals surface area contributed by atoms with E-state index in [1.807, 2.05) is 0 Å². The van der Waals surface area contributed by atoms with Crippen molar-refractivity contribution >= 4 is 29.0 Å². The van der Waals surface area contributed by atoms with Gasteiger partial charge in [0.05, 0.1) is 25.2 Å². The average Bonchev–Trinajstić information content (AvgIpc) is 2.47. The fourth-order valence-corrected chi connectivity index (χ4v) is 1.68. The van der Waals surface area contributed by atoms with Crippen molar-refractivity contribution in [1.82, 2.24) is 9.97 Å². The second-order valence-electron chi connectivity index (χ2n) is 3.73. The van der Waals surface area contributed by atoms with Crippen molar-refractivity contribution in [1.29, 1.82) is 0 Å². The van der Waals surface area contributed by atoms with Crippen LogP contribution < -0.4 is 21.3 Å². The van der Waals surface area contributed by atoms with Crippen LogP contribution in [0.25, 0.3) is 0 Å². The number of aromatic nitrogens is 2. The molecule has 0 aliphatic rings. The maximum atomic E-state index is 12.1. The molecule has 0 saturated heterocycles. The highest BCUT2D eigenvalue weighted by molar-refractivity contribution is 6.31. The standard InChI is InChI=1S/C12H12ClN5O2/c1-20-10-3-2-7(13)4-8(10)17-12(19)9-5-15-6-11(16-9)18-14/h2-6H,14H2,1H3,(H,16,18)(H,17,19). The first-order chi connectivity index (χ1) is 9.63. The third kappa shape index (κ3) is 3.14. The molecule has 104 valence electrons. The van der Waals surface area contributed by atoms with Gasteiger partial charge in [0.25, 0.3) is 5.91 Å². The zero-order valence-electron chi connectivity index (χ0n) is 10.6. The Labute approximate surface area is 120 Å². The van der Waals surface area contributed by atoms with Gasteiger partial charge in [0.2, 0.25) is 0 Å². The van der Waals surface area contributed by atoms with E-state index in [2.05, 4.69) is 20.7 Å². The molecule has 2 rings (SSSR count). The summed E-state index contributed by atoms with van der Waals surface area (Å²) in [5.41, 5.74) is 2.87. The molecule has 0 fully saturated rings. The summed E-state index contributed by atoms with van der Waals surface area (Å²) in [7, 11) is 1.50. The normalized spacial score (nSPS) is 9.95. The van der Waals surface area contributed by atoms with E-state index < -0.39 is 5.91 Å². The Bertz CT molecular complexity index is 635. The fourth-order valence-electron chi connectivity index (χ4n) is 1.51. The minimum atomic E-state index is -0.449. The second kappa shape index (κ2) is 6.18. The van der Waals surface area contributed by atoms with Crippen LogP contribution in [0.2, 0.25) is 5.02 Å². The van der Waals surface area contributed by atoms with Crippen LogP contribution in [-0.4, -0.2) is 23.0 Å². The summed E-state index contributed by atoms with van der Waals surface area (Å²) < 4.78 is 5.14. The molecule has 7 nitrogen and oxygen atoms in total. The number of hydrogen-bond donors (Lipinski definition) is 3. The molecule has 20 heavy (non-hydrogen) atoms. The van der Waals surface area contributed by atoms with Crippen LogP contribution in [0.15, 0.2) is 30.6 Å². The number of anilines is 2. The summed E-state index contributed by atoms with van der Waals surface area (Å²) in [6.07, 6.45) is 2.73. The van der Waals surface area contributed by atoms with Gasteiger partial charge >= 0.3 is 0 Å². The largest absolute Gasteiger partial charge is 0.495 e. The van der Waals surface area contributed by atoms with Gasteiger partial charge < -0.3 is 15.5 Å². The first kappa shape index (κ1) is 14.0. The van der Waals surface area contributed by atoms with Crippen molar-refractivity contribution in [3.05, 3.63) is 41.3 Å². The highest BCUT2D eigenvalue weighted by Gasteiger charge is 2.12. The molecule has 2 aromatic rings. The zero-order chi connectivity index (χ0) is 14.5. The summed E-state index contributed by atoms with van der Waals surface area (Å²) in [6.45, 7) is 0. The number of halogens is 1. The summed E-state index contributed by atoms with van der Waals surface area (Å²) in [5, 5.41) is 3.13. The van der Waals surface area contributed by atoms with Crippen LogP contribution >= 0.6 is 11.6 Å². The van der Waals surface area contributed by atoms with E-state index >= 15 is 0 Å². The molecule has 0 unspecified atom stereocenters. The van der Waals surface area contributed by atoms with Crippen molar-refractivity contribution in [2.24, 2.45) is 5.84 Å². The lowest BCUT2D eigenvalue weighted by Crippen LogP contribution is -2.17. The SMILES string of the molecule is COc1ccc(Cl)cc1NC(=O)c1cncc(NN)n1. The number of carbonyl (C=O) groups is 1. The van der Waals surface area contributed by atoms with E-state index in [1.54, 1.807) is 18.2 Å². The Hall–Kier alpha value is -2.38. The number of nitrogens with zero attached hydrogens (tertiary/aromatic N) is 2. The number of benzene rings is 1. The predicted octanol–water partition coefficient (Wildman–Crippen LogP) is 1.68. The lowest BCUT2D eigenvalue weighted by Gasteiger charge is -2.10. The maximum absolute atomic E-state index is 12.1. The molecular weight excluding hydrogens is 282 g/mol. The topological polar surface area (TPSA) is 102 Å².